The quantitative estimate of drug-likeness (QED) is 0.648. The molecule has 0 N–H and O–H groups in total. The standard InChI is InChI=1S/C25H38N4O3/c1-5-27(6-2)24(31)18-26-11-13-28(14-12-26)25(32)22-16-20-9-7-8-10-21(20)17-29(22)23(30)15-19(3)4/h7-10,19,22H,5-6,11-18H2,1-4H3. The van der Waals surface area contributed by atoms with Crippen LogP contribution in [0.5, 0.6) is 0 Å². The molecule has 1 atom stereocenters. The van der Waals surface area contributed by atoms with Crippen LogP contribution in [0.25, 0.3) is 0 Å². The van der Waals surface area contributed by atoms with Gasteiger partial charge in [-0.15, -0.1) is 0 Å². The van der Waals surface area contributed by atoms with Gasteiger partial charge in [0.1, 0.15) is 6.04 Å². The van der Waals surface area contributed by atoms with Crippen molar-refractivity contribution in [2.75, 3.05) is 45.8 Å². The van der Waals surface area contributed by atoms with Gasteiger partial charge in [0.05, 0.1) is 6.54 Å². The minimum atomic E-state index is -0.444. The molecule has 0 aliphatic carbocycles. The molecule has 32 heavy (non-hydrogen) atoms. The lowest BCUT2D eigenvalue weighted by atomic mass is 9.92. The molecule has 0 bridgehead atoms. The van der Waals surface area contributed by atoms with Gasteiger partial charge < -0.3 is 14.7 Å². The van der Waals surface area contributed by atoms with Crippen LogP contribution in [0.3, 0.4) is 0 Å². The van der Waals surface area contributed by atoms with Gasteiger partial charge in [-0.3, -0.25) is 19.3 Å². The molecule has 1 fully saturated rings. The number of benzene rings is 1. The van der Waals surface area contributed by atoms with Crippen molar-refractivity contribution in [2.24, 2.45) is 5.92 Å². The molecular formula is C25H38N4O3. The van der Waals surface area contributed by atoms with Gasteiger partial charge in [0.2, 0.25) is 17.7 Å². The number of rotatable bonds is 7. The van der Waals surface area contributed by atoms with Gasteiger partial charge >= 0.3 is 0 Å². The van der Waals surface area contributed by atoms with E-state index in [2.05, 4.69) is 17.0 Å². The van der Waals surface area contributed by atoms with Crippen molar-refractivity contribution in [3.05, 3.63) is 35.4 Å². The number of amides is 3. The number of hydrogen-bond donors (Lipinski definition) is 0. The average molecular weight is 443 g/mol. The fourth-order valence-corrected chi connectivity index (χ4v) is 4.68. The summed E-state index contributed by atoms with van der Waals surface area (Å²) in [6.07, 6.45) is 1.02. The molecule has 2 heterocycles. The molecule has 2 aliphatic heterocycles. The third kappa shape index (κ3) is 5.68. The van der Waals surface area contributed by atoms with Crippen molar-refractivity contribution < 1.29 is 14.4 Å². The molecular weight excluding hydrogens is 404 g/mol. The van der Waals surface area contributed by atoms with Crippen LogP contribution < -0.4 is 0 Å². The molecule has 0 aromatic heterocycles. The third-order valence-corrected chi connectivity index (χ3v) is 6.60. The summed E-state index contributed by atoms with van der Waals surface area (Å²) < 4.78 is 0. The highest BCUT2D eigenvalue weighted by molar-refractivity contribution is 5.88. The normalized spacial score (nSPS) is 19.1. The number of hydrogen-bond acceptors (Lipinski definition) is 4. The number of carbonyl (C=O) groups excluding carboxylic acids is 3. The molecule has 2 aliphatic rings. The first-order valence-electron chi connectivity index (χ1n) is 12.0. The van der Waals surface area contributed by atoms with E-state index in [-0.39, 0.29) is 23.6 Å². The fraction of sp³-hybridized carbons (Fsp3) is 0.640. The van der Waals surface area contributed by atoms with Crippen LogP contribution in [-0.2, 0) is 27.3 Å². The monoisotopic (exact) mass is 442 g/mol. The van der Waals surface area contributed by atoms with Crippen LogP contribution >= 0.6 is 0 Å². The highest BCUT2D eigenvalue weighted by Gasteiger charge is 2.37. The van der Waals surface area contributed by atoms with Crippen LogP contribution in [-0.4, -0.2) is 89.2 Å². The van der Waals surface area contributed by atoms with E-state index in [1.54, 1.807) is 4.90 Å². The summed E-state index contributed by atoms with van der Waals surface area (Å²) in [7, 11) is 0. The molecule has 3 amide bonds. The Balaban J connectivity index is 1.66. The van der Waals surface area contributed by atoms with Crippen LogP contribution in [0.1, 0.15) is 45.2 Å². The average Bonchev–Trinajstić information content (AvgIpc) is 2.78. The number of piperazine rings is 1. The Morgan fingerprint density at radius 2 is 1.62 bits per heavy atom. The van der Waals surface area contributed by atoms with Crippen molar-refractivity contribution in [3.8, 4) is 0 Å². The number of likely N-dealkylation sites (N-methyl/N-ethyl adjacent to an activating group) is 1. The molecule has 1 aromatic carbocycles. The van der Waals surface area contributed by atoms with E-state index < -0.39 is 6.04 Å². The summed E-state index contributed by atoms with van der Waals surface area (Å²) in [5, 5.41) is 0. The molecule has 1 aromatic rings. The van der Waals surface area contributed by atoms with Crippen LogP contribution in [0.15, 0.2) is 24.3 Å². The van der Waals surface area contributed by atoms with Gasteiger partial charge in [0, 0.05) is 58.7 Å². The molecule has 7 heteroatoms. The van der Waals surface area contributed by atoms with Gasteiger partial charge in [0.15, 0.2) is 0 Å². The molecule has 3 rings (SSSR count). The minimum absolute atomic E-state index is 0.0336. The summed E-state index contributed by atoms with van der Waals surface area (Å²) in [5.41, 5.74) is 2.29. The van der Waals surface area contributed by atoms with Crippen molar-refractivity contribution in [2.45, 2.75) is 53.1 Å². The van der Waals surface area contributed by atoms with E-state index in [9.17, 15) is 14.4 Å². The van der Waals surface area contributed by atoms with Crippen LogP contribution in [0, 0.1) is 5.92 Å². The molecule has 7 nitrogen and oxygen atoms in total. The predicted octanol–water partition coefficient (Wildman–Crippen LogP) is 2.00. The van der Waals surface area contributed by atoms with Crippen LogP contribution in [0.2, 0.25) is 0 Å². The minimum Gasteiger partial charge on any atom is -0.342 e. The van der Waals surface area contributed by atoms with Gasteiger partial charge in [-0.25, -0.2) is 0 Å². The molecule has 0 radical (unpaired) electrons. The third-order valence-electron chi connectivity index (χ3n) is 6.60. The second kappa shape index (κ2) is 10.9. The molecule has 1 saturated heterocycles. The first-order valence-corrected chi connectivity index (χ1v) is 12.0. The Labute approximate surface area is 192 Å². The lowest BCUT2D eigenvalue weighted by Gasteiger charge is -2.41. The highest BCUT2D eigenvalue weighted by Crippen LogP contribution is 2.26. The topological polar surface area (TPSA) is 64.2 Å². The molecule has 1 unspecified atom stereocenters. The highest BCUT2D eigenvalue weighted by atomic mass is 16.2. The van der Waals surface area contributed by atoms with E-state index in [4.69, 9.17) is 0 Å². The summed E-state index contributed by atoms with van der Waals surface area (Å²) in [5.74, 6) is 0.481. The van der Waals surface area contributed by atoms with E-state index in [0.717, 1.165) is 24.2 Å². The first-order chi connectivity index (χ1) is 15.3. The molecule has 0 saturated carbocycles. The molecule has 176 valence electrons. The van der Waals surface area contributed by atoms with Crippen molar-refractivity contribution in [1.29, 1.82) is 0 Å². The maximum absolute atomic E-state index is 13.5. The van der Waals surface area contributed by atoms with E-state index in [0.29, 0.717) is 52.1 Å². The first kappa shape index (κ1) is 24.2. The Kier molecular flexibility index (Phi) is 8.29. The van der Waals surface area contributed by atoms with Gasteiger partial charge in [-0.1, -0.05) is 38.1 Å². The maximum Gasteiger partial charge on any atom is 0.245 e. The van der Waals surface area contributed by atoms with E-state index >= 15 is 0 Å². The zero-order valence-electron chi connectivity index (χ0n) is 20.0. The van der Waals surface area contributed by atoms with Crippen molar-refractivity contribution in [3.63, 3.8) is 0 Å². The Hall–Kier alpha value is -2.41. The van der Waals surface area contributed by atoms with Gasteiger partial charge in [-0.05, 0) is 30.9 Å². The molecule has 0 spiro atoms. The van der Waals surface area contributed by atoms with Crippen LogP contribution in [0.4, 0.5) is 0 Å². The largest absolute Gasteiger partial charge is 0.342 e. The predicted molar refractivity (Wildman–Crippen MR) is 125 cm³/mol. The van der Waals surface area contributed by atoms with E-state index in [1.165, 1.54) is 0 Å². The zero-order valence-corrected chi connectivity index (χ0v) is 20.0. The SMILES string of the molecule is CCN(CC)C(=O)CN1CCN(C(=O)C2Cc3ccccc3CN2C(=O)CC(C)C)CC1. The lowest BCUT2D eigenvalue weighted by Crippen LogP contribution is -2.58. The second-order valence-electron chi connectivity index (χ2n) is 9.28. The smallest absolute Gasteiger partial charge is 0.245 e. The number of nitrogens with zero attached hydrogens (tertiary/aromatic N) is 4. The van der Waals surface area contributed by atoms with Gasteiger partial charge in [-0.2, -0.15) is 0 Å². The van der Waals surface area contributed by atoms with Gasteiger partial charge in [0.25, 0.3) is 0 Å². The maximum atomic E-state index is 13.5. The summed E-state index contributed by atoms with van der Waals surface area (Å²) in [6, 6.07) is 7.66. The van der Waals surface area contributed by atoms with Crippen molar-refractivity contribution >= 4 is 17.7 Å². The number of fused-ring (bicyclic) bond motifs is 1. The Morgan fingerprint density at radius 1 is 1.00 bits per heavy atom. The number of carbonyl (C=O) groups is 3. The summed E-state index contributed by atoms with van der Waals surface area (Å²) in [4.78, 5) is 46.6. The fourth-order valence-electron chi connectivity index (χ4n) is 4.68. The van der Waals surface area contributed by atoms with E-state index in [1.807, 2.05) is 49.6 Å². The van der Waals surface area contributed by atoms with Crippen molar-refractivity contribution in [1.82, 2.24) is 19.6 Å². The summed E-state index contributed by atoms with van der Waals surface area (Å²) in [6.45, 7) is 12.9. The zero-order chi connectivity index (χ0) is 23.3. The Bertz CT molecular complexity index is 813. The summed E-state index contributed by atoms with van der Waals surface area (Å²) >= 11 is 0. The second-order valence-corrected chi connectivity index (χ2v) is 9.28. The Morgan fingerprint density at radius 3 is 2.22 bits per heavy atom. The lowest BCUT2D eigenvalue weighted by molar-refractivity contribution is -0.149.